The minimum absolute atomic E-state index is 0.0959. The molecular formula is C15H19NO5. The second-order valence-corrected chi connectivity index (χ2v) is 4.58. The first kappa shape index (κ1) is 16.7. The van der Waals surface area contributed by atoms with E-state index >= 15 is 0 Å². The van der Waals surface area contributed by atoms with Crippen LogP contribution in [0.15, 0.2) is 30.3 Å². The molecule has 21 heavy (non-hydrogen) atoms. The zero-order valence-electron chi connectivity index (χ0n) is 11.9. The maximum atomic E-state index is 11.7. The smallest absolute Gasteiger partial charge is 0.408 e. The highest BCUT2D eigenvalue weighted by Crippen LogP contribution is 2.04. The van der Waals surface area contributed by atoms with E-state index in [1.165, 1.54) is 0 Å². The third-order valence-corrected chi connectivity index (χ3v) is 2.80. The number of hydrogen-bond acceptors (Lipinski definition) is 4. The van der Waals surface area contributed by atoms with Gasteiger partial charge in [-0.15, -0.1) is 0 Å². The van der Waals surface area contributed by atoms with Crippen LogP contribution in [0.1, 0.15) is 31.7 Å². The number of carboxylic acids is 1. The van der Waals surface area contributed by atoms with Crippen molar-refractivity contribution in [3.8, 4) is 0 Å². The monoisotopic (exact) mass is 293 g/mol. The summed E-state index contributed by atoms with van der Waals surface area (Å²) in [4.78, 5) is 33.9. The molecule has 114 valence electrons. The predicted octanol–water partition coefficient (Wildman–Crippen LogP) is 2.13. The van der Waals surface area contributed by atoms with E-state index in [4.69, 9.17) is 9.84 Å². The van der Waals surface area contributed by atoms with Crippen LogP contribution in [0, 0.1) is 0 Å². The zero-order chi connectivity index (χ0) is 15.7. The predicted molar refractivity (Wildman–Crippen MR) is 75.7 cm³/mol. The highest BCUT2D eigenvalue weighted by Gasteiger charge is 2.22. The van der Waals surface area contributed by atoms with Gasteiger partial charge in [0.15, 0.2) is 5.78 Å². The Hall–Kier alpha value is -2.37. The Bertz CT molecular complexity index is 486. The number of hydrogen-bond donors (Lipinski definition) is 2. The summed E-state index contributed by atoms with van der Waals surface area (Å²) in [5, 5.41) is 11.0. The number of carbonyl (C=O) groups is 3. The van der Waals surface area contributed by atoms with Gasteiger partial charge in [-0.3, -0.25) is 9.59 Å². The number of amides is 1. The third-order valence-electron chi connectivity index (χ3n) is 2.80. The van der Waals surface area contributed by atoms with Crippen molar-refractivity contribution in [3.05, 3.63) is 35.9 Å². The number of benzene rings is 1. The standard InChI is InChI=1S/C15H19NO5/c1-2-6-12(13(17)9-14(18)19)16-15(20)21-10-11-7-4-3-5-8-11/h3-5,7-8,12H,2,6,9-10H2,1H3,(H,16,20)(H,18,19)/t12-/m0/s1. The Labute approximate surface area is 123 Å². The van der Waals surface area contributed by atoms with E-state index < -0.39 is 30.3 Å². The second kappa shape index (κ2) is 8.73. The van der Waals surface area contributed by atoms with E-state index in [-0.39, 0.29) is 6.61 Å². The van der Waals surface area contributed by atoms with Crippen LogP contribution in [0.4, 0.5) is 4.79 Å². The molecule has 0 fully saturated rings. The van der Waals surface area contributed by atoms with E-state index in [0.29, 0.717) is 12.8 Å². The number of Topliss-reactive ketones (excluding diaryl/α,β-unsaturated/α-hetero) is 1. The summed E-state index contributed by atoms with van der Waals surface area (Å²) >= 11 is 0. The lowest BCUT2D eigenvalue weighted by atomic mass is 10.1. The van der Waals surface area contributed by atoms with Gasteiger partial charge in [-0.2, -0.15) is 0 Å². The van der Waals surface area contributed by atoms with Crippen LogP contribution in [-0.2, 0) is 20.9 Å². The van der Waals surface area contributed by atoms with Crippen molar-refractivity contribution in [1.29, 1.82) is 0 Å². The van der Waals surface area contributed by atoms with Crippen LogP contribution >= 0.6 is 0 Å². The van der Waals surface area contributed by atoms with Crippen LogP contribution in [0.25, 0.3) is 0 Å². The molecule has 0 bridgehead atoms. The summed E-state index contributed by atoms with van der Waals surface area (Å²) in [5.41, 5.74) is 0.830. The lowest BCUT2D eigenvalue weighted by molar-refractivity contribution is -0.140. The van der Waals surface area contributed by atoms with Crippen molar-refractivity contribution in [3.63, 3.8) is 0 Å². The van der Waals surface area contributed by atoms with E-state index in [2.05, 4.69) is 5.32 Å². The van der Waals surface area contributed by atoms with Crippen LogP contribution in [0.2, 0.25) is 0 Å². The van der Waals surface area contributed by atoms with Gasteiger partial charge in [-0.05, 0) is 12.0 Å². The number of ether oxygens (including phenoxy) is 1. The normalized spacial score (nSPS) is 11.5. The quantitative estimate of drug-likeness (QED) is 0.716. The Morgan fingerprint density at radius 2 is 1.90 bits per heavy atom. The van der Waals surface area contributed by atoms with Crippen LogP contribution < -0.4 is 5.32 Å². The van der Waals surface area contributed by atoms with Gasteiger partial charge in [0.1, 0.15) is 13.0 Å². The molecule has 0 aromatic heterocycles. The Morgan fingerprint density at radius 1 is 1.24 bits per heavy atom. The SMILES string of the molecule is CCC[C@H](NC(=O)OCc1ccccc1)C(=O)CC(=O)O. The number of alkyl carbamates (subject to hydrolysis) is 1. The Balaban J connectivity index is 2.48. The van der Waals surface area contributed by atoms with Gasteiger partial charge < -0.3 is 15.2 Å². The fourth-order valence-corrected chi connectivity index (χ4v) is 1.78. The topological polar surface area (TPSA) is 92.7 Å². The zero-order valence-corrected chi connectivity index (χ0v) is 11.9. The molecule has 0 saturated carbocycles. The fourth-order valence-electron chi connectivity index (χ4n) is 1.78. The molecule has 0 heterocycles. The van der Waals surface area contributed by atoms with Crippen molar-refractivity contribution in [1.82, 2.24) is 5.32 Å². The van der Waals surface area contributed by atoms with Crippen LogP contribution in [-0.4, -0.2) is 29.0 Å². The van der Waals surface area contributed by atoms with Crippen LogP contribution in [0.5, 0.6) is 0 Å². The molecule has 0 unspecified atom stereocenters. The molecular weight excluding hydrogens is 274 g/mol. The molecule has 1 aromatic carbocycles. The van der Waals surface area contributed by atoms with Gasteiger partial charge in [-0.1, -0.05) is 43.7 Å². The van der Waals surface area contributed by atoms with E-state index in [9.17, 15) is 14.4 Å². The molecule has 6 nitrogen and oxygen atoms in total. The molecule has 1 aromatic rings. The maximum absolute atomic E-state index is 11.7. The molecule has 1 rings (SSSR count). The van der Waals surface area contributed by atoms with E-state index in [1.807, 2.05) is 37.3 Å². The van der Waals surface area contributed by atoms with Gasteiger partial charge in [0.05, 0.1) is 6.04 Å². The highest BCUT2D eigenvalue weighted by atomic mass is 16.5. The molecule has 0 radical (unpaired) electrons. The van der Waals surface area contributed by atoms with Gasteiger partial charge in [0, 0.05) is 0 Å². The number of ketones is 1. The Morgan fingerprint density at radius 3 is 2.48 bits per heavy atom. The molecule has 0 aliphatic carbocycles. The minimum Gasteiger partial charge on any atom is -0.481 e. The molecule has 1 atom stereocenters. The summed E-state index contributed by atoms with van der Waals surface area (Å²) in [7, 11) is 0. The largest absolute Gasteiger partial charge is 0.481 e. The average molecular weight is 293 g/mol. The van der Waals surface area contributed by atoms with Gasteiger partial charge in [0.2, 0.25) is 0 Å². The van der Waals surface area contributed by atoms with Crippen molar-refractivity contribution in [2.75, 3.05) is 0 Å². The van der Waals surface area contributed by atoms with E-state index in [1.54, 1.807) is 0 Å². The first-order chi connectivity index (χ1) is 10.0. The lowest BCUT2D eigenvalue weighted by Gasteiger charge is -2.16. The number of carboxylic acid groups (broad SMARTS) is 1. The summed E-state index contributed by atoms with van der Waals surface area (Å²) in [6.45, 7) is 1.94. The summed E-state index contributed by atoms with van der Waals surface area (Å²) < 4.78 is 5.01. The van der Waals surface area contributed by atoms with Gasteiger partial charge in [-0.25, -0.2) is 4.79 Å². The molecule has 2 N–H and O–H groups in total. The number of carbonyl (C=O) groups excluding carboxylic acids is 2. The van der Waals surface area contributed by atoms with E-state index in [0.717, 1.165) is 5.56 Å². The molecule has 6 heteroatoms. The molecule has 1 amide bonds. The van der Waals surface area contributed by atoms with Crippen molar-refractivity contribution in [2.24, 2.45) is 0 Å². The van der Waals surface area contributed by atoms with Gasteiger partial charge in [0.25, 0.3) is 0 Å². The number of rotatable bonds is 8. The van der Waals surface area contributed by atoms with Crippen LogP contribution in [0.3, 0.4) is 0 Å². The summed E-state index contributed by atoms with van der Waals surface area (Å²) in [6, 6.07) is 8.30. The molecule has 0 aliphatic heterocycles. The average Bonchev–Trinajstić information content (AvgIpc) is 2.45. The number of aliphatic carboxylic acids is 1. The molecule has 0 spiro atoms. The lowest BCUT2D eigenvalue weighted by Crippen LogP contribution is -2.41. The first-order valence-electron chi connectivity index (χ1n) is 6.74. The molecule has 0 aliphatic rings. The maximum Gasteiger partial charge on any atom is 0.408 e. The second-order valence-electron chi connectivity index (χ2n) is 4.58. The minimum atomic E-state index is -1.21. The van der Waals surface area contributed by atoms with Crippen molar-refractivity contribution in [2.45, 2.75) is 38.8 Å². The summed E-state index contributed by atoms with van der Waals surface area (Å²) in [6.07, 6.45) is -0.304. The first-order valence-corrected chi connectivity index (χ1v) is 6.74. The van der Waals surface area contributed by atoms with Crippen molar-refractivity contribution < 1.29 is 24.2 Å². The molecule has 0 saturated heterocycles. The number of nitrogens with one attached hydrogen (secondary N) is 1. The third kappa shape index (κ3) is 6.56. The highest BCUT2D eigenvalue weighted by molar-refractivity contribution is 5.98. The summed E-state index contributed by atoms with van der Waals surface area (Å²) in [5.74, 6) is -1.73. The van der Waals surface area contributed by atoms with Crippen molar-refractivity contribution >= 4 is 17.8 Å². The fraction of sp³-hybridized carbons (Fsp3) is 0.400. The van der Waals surface area contributed by atoms with Gasteiger partial charge >= 0.3 is 12.1 Å². The Kier molecular flexibility index (Phi) is 6.94.